The third-order valence-corrected chi connectivity index (χ3v) is 4.11. The van der Waals surface area contributed by atoms with Gasteiger partial charge in [-0.25, -0.2) is 0 Å². The van der Waals surface area contributed by atoms with Crippen molar-refractivity contribution < 1.29 is 18.0 Å². The highest BCUT2D eigenvalue weighted by Crippen LogP contribution is 2.29. The van der Waals surface area contributed by atoms with Crippen LogP contribution in [0, 0.1) is 0 Å². The van der Waals surface area contributed by atoms with Gasteiger partial charge in [-0.05, 0) is 37.1 Å². The minimum Gasteiger partial charge on any atom is -0.370 e. The highest BCUT2D eigenvalue weighted by Gasteiger charge is 2.30. The Balaban J connectivity index is 0.00000338. The van der Waals surface area contributed by atoms with Crippen molar-refractivity contribution in [2.75, 3.05) is 13.1 Å². The van der Waals surface area contributed by atoms with E-state index in [-0.39, 0.29) is 36.1 Å². The van der Waals surface area contributed by atoms with Gasteiger partial charge < -0.3 is 16.4 Å². The summed E-state index contributed by atoms with van der Waals surface area (Å²) in [6.45, 7) is 0.560. The summed E-state index contributed by atoms with van der Waals surface area (Å²) in [6, 6.07) is 4.44. The van der Waals surface area contributed by atoms with Crippen molar-refractivity contribution in [3.8, 4) is 0 Å². The molecule has 1 aromatic carbocycles. The van der Waals surface area contributed by atoms with Crippen molar-refractivity contribution in [3.63, 3.8) is 0 Å². The van der Waals surface area contributed by atoms with Crippen LogP contribution in [0.15, 0.2) is 29.3 Å². The van der Waals surface area contributed by atoms with E-state index in [4.69, 9.17) is 5.73 Å². The Morgan fingerprint density at radius 1 is 1.15 bits per heavy atom. The number of aliphatic imine (C=N–C) groups is 1. The van der Waals surface area contributed by atoms with Crippen LogP contribution in [0.2, 0.25) is 0 Å². The van der Waals surface area contributed by atoms with Crippen LogP contribution in [0.3, 0.4) is 0 Å². The molecule has 0 bridgehead atoms. The van der Waals surface area contributed by atoms with Crippen molar-refractivity contribution in [3.05, 3.63) is 35.4 Å². The van der Waals surface area contributed by atoms with Gasteiger partial charge >= 0.3 is 6.18 Å². The minimum absolute atomic E-state index is 0. The number of halogens is 4. The fourth-order valence-corrected chi connectivity index (χ4v) is 2.76. The fourth-order valence-electron chi connectivity index (χ4n) is 2.76. The first-order valence-corrected chi connectivity index (χ1v) is 8.38. The molecular formula is C17H24F3IN4O. The summed E-state index contributed by atoms with van der Waals surface area (Å²) in [5.41, 5.74) is 5.20. The maximum absolute atomic E-state index is 12.5. The molecule has 1 fully saturated rings. The molecule has 0 saturated heterocycles. The molecule has 0 unspecified atom stereocenters. The Labute approximate surface area is 168 Å². The van der Waals surface area contributed by atoms with E-state index in [0.29, 0.717) is 18.5 Å². The Hall–Kier alpha value is -1.52. The van der Waals surface area contributed by atoms with Crippen LogP contribution in [-0.2, 0) is 6.18 Å². The van der Waals surface area contributed by atoms with Gasteiger partial charge in [-0.3, -0.25) is 9.79 Å². The Bertz CT molecular complexity index is 599. The third kappa shape index (κ3) is 7.38. The summed E-state index contributed by atoms with van der Waals surface area (Å²) >= 11 is 0. The number of hydrogen-bond acceptors (Lipinski definition) is 2. The van der Waals surface area contributed by atoms with Crippen LogP contribution in [-0.4, -0.2) is 31.0 Å². The van der Waals surface area contributed by atoms with E-state index in [9.17, 15) is 18.0 Å². The Morgan fingerprint density at radius 3 is 2.35 bits per heavy atom. The maximum atomic E-state index is 12.5. The lowest BCUT2D eigenvalue weighted by Crippen LogP contribution is -2.41. The monoisotopic (exact) mass is 484 g/mol. The second kappa shape index (κ2) is 10.6. The molecule has 1 amide bonds. The second-order valence-corrected chi connectivity index (χ2v) is 6.08. The summed E-state index contributed by atoms with van der Waals surface area (Å²) in [7, 11) is 0. The number of amides is 1. The molecule has 1 aromatic rings. The lowest BCUT2D eigenvalue weighted by atomic mass is 9.96. The van der Waals surface area contributed by atoms with Gasteiger partial charge in [-0.15, -0.1) is 24.0 Å². The first kappa shape index (κ1) is 22.5. The van der Waals surface area contributed by atoms with Crippen molar-refractivity contribution in [1.29, 1.82) is 0 Å². The zero-order valence-corrected chi connectivity index (χ0v) is 16.6. The number of carbonyl (C=O) groups is 1. The number of nitrogens with zero attached hydrogens (tertiary/aromatic N) is 1. The molecular weight excluding hydrogens is 460 g/mol. The molecule has 0 radical (unpaired) electrons. The SMILES string of the molecule is I.NC(=NCCNC(=O)c1ccc(C(F)(F)F)cc1)NC1CCCCC1. The fraction of sp³-hybridized carbons (Fsp3) is 0.529. The predicted octanol–water partition coefficient (Wildman–Crippen LogP) is 3.29. The normalized spacial score (nSPS) is 15.9. The van der Waals surface area contributed by atoms with Gasteiger partial charge in [0.05, 0.1) is 12.1 Å². The molecule has 146 valence electrons. The van der Waals surface area contributed by atoms with Crippen LogP contribution in [0.4, 0.5) is 13.2 Å². The van der Waals surface area contributed by atoms with Gasteiger partial charge in [0.1, 0.15) is 0 Å². The smallest absolute Gasteiger partial charge is 0.370 e. The van der Waals surface area contributed by atoms with Gasteiger partial charge in [-0.1, -0.05) is 19.3 Å². The molecule has 0 aromatic heterocycles. The zero-order chi connectivity index (χ0) is 18.3. The minimum atomic E-state index is -4.41. The first-order valence-electron chi connectivity index (χ1n) is 8.38. The van der Waals surface area contributed by atoms with Gasteiger partial charge in [0, 0.05) is 18.2 Å². The van der Waals surface area contributed by atoms with Gasteiger partial charge in [0.15, 0.2) is 5.96 Å². The van der Waals surface area contributed by atoms with Crippen molar-refractivity contribution in [2.45, 2.75) is 44.3 Å². The quantitative estimate of drug-likeness (QED) is 0.260. The number of rotatable bonds is 5. The lowest BCUT2D eigenvalue weighted by Gasteiger charge is -2.23. The lowest BCUT2D eigenvalue weighted by molar-refractivity contribution is -0.137. The van der Waals surface area contributed by atoms with Crippen LogP contribution in [0.5, 0.6) is 0 Å². The van der Waals surface area contributed by atoms with E-state index >= 15 is 0 Å². The van der Waals surface area contributed by atoms with Gasteiger partial charge in [-0.2, -0.15) is 13.2 Å². The summed E-state index contributed by atoms with van der Waals surface area (Å²) in [6.07, 6.45) is 1.39. The Morgan fingerprint density at radius 2 is 1.77 bits per heavy atom. The zero-order valence-electron chi connectivity index (χ0n) is 14.3. The largest absolute Gasteiger partial charge is 0.416 e. The van der Waals surface area contributed by atoms with E-state index in [1.165, 1.54) is 19.3 Å². The second-order valence-electron chi connectivity index (χ2n) is 6.08. The molecule has 1 aliphatic rings. The van der Waals surface area contributed by atoms with Crippen molar-refractivity contribution >= 4 is 35.8 Å². The highest BCUT2D eigenvalue weighted by molar-refractivity contribution is 14.0. The highest BCUT2D eigenvalue weighted by atomic mass is 127. The summed E-state index contributed by atoms with van der Waals surface area (Å²) in [4.78, 5) is 16.0. The van der Waals surface area contributed by atoms with Crippen molar-refractivity contribution in [1.82, 2.24) is 10.6 Å². The molecule has 1 aliphatic carbocycles. The van der Waals surface area contributed by atoms with Crippen molar-refractivity contribution in [2.24, 2.45) is 10.7 Å². The maximum Gasteiger partial charge on any atom is 0.416 e. The molecule has 9 heteroatoms. The van der Waals surface area contributed by atoms with Gasteiger partial charge in [0.2, 0.25) is 0 Å². The molecule has 2 rings (SSSR count). The topological polar surface area (TPSA) is 79.5 Å². The average molecular weight is 484 g/mol. The third-order valence-electron chi connectivity index (χ3n) is 4.11. The van der Waals surface area contributed by atoms with E-state index in [1.54, 1.807) is 0 Å². The van der Waals surface area contributed by atoms with E-state index in [0.717, 1.165) is 37.1 Å². The number of guanidine groups is 1. The van der Waals surface area contributed by atoms with Crippen LogP contribution >= 0.6 is 24.0 Å². The van der Waals surface area contributed by atoms with E-state index < -0.39 is 17.6 Å². The molecule has 4 N–H and O–H groups in total. The number of benzene rings is 1. The van der Waals surface area contributed by atoms with Gasteiger partial charge in [0.25, 0.3) is 5.91 Å². The average Bonchev–Trinajstić information content (AvgIpc) is 2.59. The van der Waals surface area contributed by atoms with E-state index in [2.05, 4.69) is 15.6 Å². The number of carbonyl (C=O) groups excluding carboxylic acids is 1. The summed E-state index contributed by atoms with van der Waals surface area (Å²) in [5.74, 6) is -0.0848. The number of nitrogens with one attached hydrogen (secondary N) is 2. The van der Waals surface area contributed by atoms with E-state index in [1.807, 2.05) is 0 Å². The molecule has 26 heavy (non-hydrogen) atoms. The van der Waals surface area contributed by atoms with Crippen LogP contribution < -0.4 is 16.4 Å². The molecule has 0 atom stereocenters. The standard InChI is InChI=1S/C17H23F3N4O.HI/c18-17(19,20)13-8-6-12(7-9-13)15(25)22-10-11-23-16(21)24-14-4-2-1-3-5-14;/h6-9,14H,1-5,10-11H2,(H,22,25)(H3,21,23,24);1H. The number of alkyl halides is 3. The van der Waals surface area contributed by atoms with Crippen LogP contribution in [0.1, 0.15) is 48.0 Å². The van der Waals surface area contributed by atoms with Crippen LogP contribution in [0.25, 0.3) is 0 Å². The summed E-state index contributed by atoms with van der Waals surface area (Å²) in [5, 5.41) is 5.77. The molecule has 0 aliphatic heterocycles. The number of hydrogen-bond donors (Lipinski definition) is 3. The molecule has 0 spiro atoms. The predicted molar refractivity (Wildman–Crippen MR) is 106 cm³/mol. The molecule has 0 heterocycles. The molecule has 5 nitrogen and oxygen atoms in total. The first-order chi connectivity index (χ1) is 11.9. The summed E-state index contributed by atoms with van der Waals surface area (Å²) < 4.78 is 37.4. The number of nitrogens with two attached hydrogens (primary N) is 1. The molecule has 1 saturated carbocycles. The Kier molecular flexibility index (Phi) is 9.17.